The molecule has 1 unspecified atom stereocenters. The van der Waals surface area contributed by atoms with E-state index in [0.29, 0.717) is 5.41 Å². The molecule has 1 nitrogen and oxygen atoms in total. The van der Waals surface area contributed by atoms with Crippen molar-refractivity contribution in [1.82, 2.24) is 0 Å². The van der Waals surface area contributed by atoms with E-state index in [0.717, 1.165) is 6.42 Å². The van der Waals surface area contributed by atoms with E-state index in [4.69, 9.17) is 4.99 Å². The van der Waals surface area contributed by atoms with Gasteiger partial charge >= 0.3 is 0 Å². The first-order valence-electron chi connectivity index (χ1n) is 14.2. The minimum absolute atomic E-state index is 0.183. The van der Waals surface area contributed by atoms with Crippen molar-refractivity contribution >= 4 is 35.0 Å². The van der Waals surface area contributed by atoms with Gasteiger partial charge in [0.15, 0.2) is 0 Å². The van der Waals surface area contributed by atoms with E-state index in [1.54, 1.807) is 5.56 Å². The molecule has 0 fully saturated rings. The van der Waals surface area contributed by atoms with Crippen molar-refractivity contribution in [3.63, 3.8) is 0 Å². The number of aliphatic imine (C=N–C) groups is 1. The van der Waals surface area contributed by atoms with Crippen LogP contribution in [0, 0.1) is 15.9 Å². The highest BCUT2D eigenvalue weighted by Crippen LogP contribution is 2.44. The highest BCUT2D eigenvalue weighted by atomic mass is 32.2. The molecule has 4 aromatic rings. The van der Waals surface area contributed by atoms with Gasteiger partial charge in [-0.05, 0) is 80.3 Å². The quantitative estimate of drug-likeness (QED) is 0.264. The van der Waals surface area contributed by atoms with E-state index in [2.05, 4.69) is 117 Å². The van der Waals surface area contributed by atoms with Crippen molar-refractivity contribution in [2.45, 2.75) is 50.3 Å². The van der Waals surface area contributed by atoms with Crippen LogP contribution >= 0.6 is 11.8 Å². The Kier molecular flexibility index (Phi) is 6.16. The standard InChI is InChI=1S/C37H33NS/c1-3-37(4-2)20-19-25-17-18-31-28-13-7-5-11-26(28)21-32(36(31)33(25)22-37)29-14-8-9-15-30(29)35-24-38-23-27-12-6-10-16-34(27)39-35/h5-19,21,23-24,32H,3-4,20,22H2,1-2H3. The van der Waals surface area contributed by atoms with Crippen LogP contribution in [-0.2, 0) is 6.42 Å². The number of hydrogen-bond acceptors (Lipinski definition) is 2. The van der Waals surface area contributed by atoms with Gasteiger partial charge in [0, 0.05) is 33.7 Å². The fourth-order valence-electron chi connectivity index (χ4n) is 6.75. The maximum Gasteiger partial charge on any atom is 0.0413 e. The zero-order valence-corrected chi connectivity index (χ0v) is 23.5. The number of fused-ring (bicyclic) bond motifs is 5. The Balaban J connectivity index is 1.47. The summed E-state index contributed by atoms with van der Waals surface area (Å²) in [5.41, 5.74) is 7.22. The first kappa shape index (κ1) is 24.4. The third kappa shape index (κ3) is 4.13. The average Bonchev–Trinajstić information content (AvgIpc) is 3.23. The van der Waals surface area contributed by atoms with Gasteiger partial charge < -0.3 is 0 Å². The van der Waals surface area contributed by atoms with E-state index < -0.39 is 0 Å². The fraction of sp³-hybridized carbons (Fsp3) is 0.216. The molecule has 2 aliphatic carbocycles. The molecule has 0 spiro atoms. The van der Waals surface area contributed by atoms with Crippen molar-refractivity contribution < 1.29 is 0 Å². The molecule has 0 saturated carbocycles. The maximum atomic E-state index is 4.72. The molecule has 0 N–H and O–H groups in total. The summed E-state index contributed by atoms with van der Waals surface area (Å²) in [5.74, 6) is 0.183. The summed E-state index contributed by atoms with van der Waals surface area (Å²) in [5, 5.41) is 5.51. The lowest BCUT2D eigenvalue weighted by atomic mass is 9.68. The highest BCUT2D eigenvalue weighted by molar-refractivity contribution is 8.08. The van der Waals surface area contributed by atoms with Gasteiger partial charge in [-0.15, -0.1) is 0 Å². The van der Waals surface area contributed by atoms with E-state index in [1.165, 1.54) is 72.2 Å². The van der Waals surface area contributed by atoms with Crippen LogP contribution in [0.3, 0.4) is 0 Å². The smallest absolute Gasteiger partial charge is 0.0413 e. The molecule has 0 saturated heterocycles. The highest BCUT2D eigenvalue weighted by Gasteiger charge is 2.32. The summed E-state index contributed by atoms with van der Waals surface area (Å²) in [4.78, 5) is 7.18. The maximum absolute atomic E-state index is 4.72. The van der Waals surface area contributed by atoms with Crippen LogP contribution in [0.15, 0.2) is 101 Å². The molecule has 3 aliphatic rings. The lowest BCUT2D eigenvalue weighted by Gasteiger charge is -2.36. The van der Waals surface area contributed by atoms with E-state index in [1.807, 2.05) is 18.0 Å². The number of nitrogens with zero attached hydrogens (tertiary/aromatic N) is 1. The monoisotopic (exact) mass is 523 g/mol. The van der Waals surface area contributed by atoms with E-state index >= 15 is 0 Å². The van der Waals surface area contributed by atoms with Gasteiger partial charge in [0.2, 0.25) is 0 Å². The molecule has 1 atom stereocenters. The summed E-state index contributed by atoms with van der Waals surface area (Å²) in [6, 6.07) is 31.3. The third-order valence-corrected chi connectivity index (χ3v) is 10.4. The fourth-order valence-corrected chi connectivity index (χ4v) is 7.78. The summed E-state index contributed by atoms with van der Waals surface area (Å²) in [7, 11) is 0. The van der Waals surface area contributed by atoms with Gasteiger partial charge in [0.25, 0.3) is 0 Å². The Morgan fingerprint density at radius 1 is 0.821 bits per heavy atom. The predicted octanol–water partition coefficient (Wildman–Crippen LogP) is 7.96. The lowest BCUT2D eigenvalue weighted by molar-refractivity contribution is 0.264. The number of hydrogen-bond donors (Lipinski definition) is 0. The Hall–Kier alpha value is -3.62. The molecule has 0 bridgehead atoms. The lowest BCUT2D eigenvalue weighted by Crippen LogP contribution is -2.32. The zero-order valence-electron chi connectivity index (χ0n) is 22.7. The molecule has 2 heteroatoms. The van der Waals surface area contributed by atoms with Crippen molar-refractivity contribution in [2.75, 3.05) is 0 Å². The van der Waals surface area contributed by atoms with Gasteiger partial charge in [0.05, 0.1) is 0 Å². The average molecular weight is 524 g/mol. The Morgan fingerprint density at radius 2 is 1.62 bits per heavy atom. The Labute approximate surface area is 235 Å². The largest absolute Gasteiger partial charge is 0.263 e. The van der Waals surface area contributed by atoms with Crippen LogP contribution in [0.5, 0.6) is 0 Å². The SMILES string of the molecule is CCC1(CC)CC=c2ccc3c(c2C1)C(c1ccccc1C1=CN=Cc2ccccc2S1)C=c1ccccc1=3. The van der Waals surface area contributed by atoms with Crippen LogP contribution < -0.4 is 10.4 Å². The molecular formula is C37H33NS. The second-order valence-corrected chi connectivity index (χ2v) is 12.2. The first-order valence-corrected chi connectivity index (χ1v) is 15.0. The molecule has 1 aliphatic heterocycles. The summed E-state index contributed by atoms with van der Waals surface area (Å²) in [6.07, 6.45) is 13.8. The van der Waals surface area contributed by atoms with E-state index in [9.17, 15) is 0 Å². The van der Waals surface area contributed by atoms with Gasteiger partial charge in [0.1, 0.15) is 0 Å². The van der Waals surface area contributed by atoms with E-state index in [-0.39, 0.29) is 5.92 Å². The van der Waals surface area contributed by atoms with Crippen LogP contribution in [-0.4, -0.2) is 6.21 Å². The third-order valence-electron chi connectivity index (χ3n) is 9.21. The first-order chi connectivity index (χ1) is 19.2. The summed E-state index contributed by atoms with van der Waals surface area (Å²) >= 11 is 1.83. The molecule has 0 aromatic heterocycles. The van der Waals surface area contributed by atoms with Gasteiger partial charge in [-0.25, -0.2) is 0 Å². The molecule has 192 valence electrons. The normalized spacial score (nSPS) is 18.3. The molecule has 4 aromatic carbocycles. The molecule has 7 rings (SSSR count). The molecule has 0 radical (unpaired) electrons. The summed E-state index contributed by atoms with van der Waals surface area (Å²) < 4.78 is 0. The van der Waals surface area contributed by atoms with Gasteiger partial charge in [-0.1, -0.05) is 117 Å². The second kappa shape index (κ2) is 9.84. The van der Waals surface area contributed by atoms with Crippen molar-refractivity contribution in [1.29, 1.82) is 0 Å². The number of thioether (sulfide) groups is 1. The minimum Gasteiger partial charge on any atom is -0.263 e. The van der Waals surface area contributed by atoms with Crippen LogP contribution in [0.2, 0.25) is 0 Å². The Morgan fingerprint density at radius 3 is 2.51 bits per heavy atom. The van der Waals surface area contributed by atoms with Crippen LogP contribution in [0.1, 0.15) is 66.8 Å². The van der Waals surface area contributed by atoms with Crippen molar-refractivity contribution in [2.24, 2.45) is 10.4 Å². The molecule has 0 amide bonds. The number of benzene rings is 4. The minimum atomic E-state index is 0.183. The van der Waals surface area contributed by atoms with Gasteiger partial charge in [-0.3, -0.25) is 4.99 Å². The predicted molar refractivity (Wildman–Crippen MR) is 166 cm³/mol. The number of rotatable bonds is 4. The van der Waals surface area contributed by atoms with Crippen molar-refractivity contribution in [3.8, 4) is 0 Å². The second-order valence-electron chi connectivity index (χ2n) is 11.1. The van der Waals surface area contributed by atoms with Crippen molar-refractivity contribution in [3.05, 3.63) is 140 Å². The van der Waals surface area contributed by atoms with Crippen LogP contribution in [0.25, 0.3) is 17.1 Å². The van der Waals surface area contributed by atoms with Crippen LogP contribution in [0.4, 0.5) is 0 Å². The van der Waals surface area contributed by atoms with Gasteiger partial charge in [-0.2, -0.15) is 0 Å². The Bertz CT molecular complexity index is 1870. The molecule has 39 heavy (non-hydrogen) atoms. The zero-order chi connectivity index (χ0) is 26.4. The molecular weight excluding hydrogens is 490 g/mol. The topological polar surface area (TPSA) is 12.4 Å². The molecule has 1 heterocycles. The summed E-state index contributed by atoms with van der Waals surface area (Å²) in [6.45, 7) is 4.75.